The minimum atomic E-state index is -1.27. The van der Waals surface area contributed by atoms with Crippen LogP contribution in [0.15, 0.2) is 78.3 Å². The van der Waals surface area contributed by atoms with Crippen LogP contribution >= 0.6 is 0 Å². The van der Waals surface area contributed by atoms with Gasteiger partial charge in [0.2, 0.25) is 41.4 Å². The second kappa shape index (κ2) is 25.1. The van der Waals surface area contributed by atoms with Gasteiger partial charge in [0.15, 0.2) is 5.96 Å². The molecule has 0 spiro atoms. The molecule has 20 heteroatoms. The quantitative estimate of drug-likeness (QED) is 0.0549. The van der Waals surface area contributed by atoms with E-state index in [1.165, 1.54) is 12.5 Å². The van der Waals surface area contributed by atoms with Gasteiger partial charge in [-0.05, 0) is 62.1 Å². The molecule has 0 bridgehead atoms. The Morgan fingerprint density at radius 1 is 0.662 bits per heavy atom. The van der Waals surface area contributed by atoms with Crippen LogP contribution in [0.25, 0.3) is 10.9 Å². The Morgan fingerprint density at radius 3 is 2.02 bits per heavy atom. The van der Waals surface area contributed by atoms with E-state index in [1.54, 1.807) is 30.5 Å². The van der Waals surface area contributed by atoms with E-state index in [2.05, 4.69) is 51.8 Å². The maximum atomic E-state index is 14.5. The van der Waals surface area contributed by atoms with Gasteiger partial charge in [0.1, 0.15) is 30.2 Å². The van der Waals surface area contributed by atoms with Gasteiger partial charge in [0.25, 0.3) is 0 Å². The lowest BCUT2D eigenvalue weighted by molar-refractivity contribution is -0.135. The lowest BCUT2D eigenvalue weighted by Gasteiger charge is -2.27. The summed E-state index contributed by atoms with van der Waals surface area (Å²) in [5.74, 6) is -4.28. The van der Waals surface area contributed by atoms with E-state index < -0.39 is 65.7 Å². The van der Waals surface area contributed by atoms with Crippen LogP contribution < -0.4 is 49.1 Å². The highest BCUT2D eigenvalue weighted by molar-refractivity contribution is 5.97. The van der Waals surface area contributed by atoms with Crippen molar-refractivity contribution in [2.75, 3.05) is 13.1 Å². The number of carbonyl (C=O) groups excluding carboxylic acids is 7. The third-order valence-electron chi connectivity index (χ3n) is 11.1. The summed E-state index contributed by atoms with van der Waals surface area (Å²) in [6.45, 7) is 0.451. The second-order valence-corrected chi connectivity index (χ2v) is 16.2. The van der Waals surface area contributed by atoms with Gasteiger partial charge >= 0.3 is 0 Å². The van der Waals surface area contributed by atoms with Crippen molar-refractivity contribution in [1.29, 1.82) is 0 Å². The lowest BCUT2D eigenvalue weighted by Crippen LogP contribution is -2.60. The van der Waals surface area contributed by atoms with Crippen molar-refractivity contribution in [2.45, 2.75) is 114 Å². The molecule has 0 saturated carbocycles. The number of benzene rings is 2. The Balaban J connectivity index is 1.48. The van der Waals surface area contributed by atoms with Crippen LogP contribution in [-0.2, 0) is 52.8 Å². The summed E-state index contributed by atoms with van der Waals surface area (Å²) >= 11 is 0. The Hall–Kier alpha value is -7.25. The number of nitrogens with zero attached hydrogens (tertiary/aromatic N) is 2. The van der Waals surface area contributed by atoms with Gasteiger partial charge in [-0.15, -0.1) is 0 Å². The molecular formula is C45H61N13O7. The van der Waals surface area contributed by atoms with Gasteiger partial charge in [-0.2, -0.15) is 0 Å². The number of carbonyl (C=O) groups is 7. The molecule has 1 aliphatic heterocycles. The molecule has 1 aliphatic rings. The van der Waals surface area contributed by atoms with Gasteiger partial charge in [-0.25, -0.2) is 4.98 Å². The summed E-state index contributed by atoms with van der Waals surface area (Å²) in [5, 5.41) is 17.6. The van der Waals surface area contributed by atoms with Gasteiger partial charge in [0.05, 0.1) is 6.33 Å². The number of imidazole rings is 1. The fourth-order valence-electron chi connectivity index (χ4n) is 7.57. The van der Waals surface area contributed by atoms with Gasteiger partial charge < -0.3 is 59.1 Å². The Morgan fingerprint density at radius 2 is 1.31 bits per heavy atom. The molecule has 5 rings (SSSR count). The molecule has 20 nitrogen and oxygen atoms in total. The van der Waals surface area contributed by atoms with E-state index >= 15 is 0 Å². The van der Waals surface area contributed by atoms with E-state index in [0.717, 1.165) is 10.9 Å². The fraction of sp³-hybridized carbons (Fsp3) is 0.444. The molecule has 5 atom stereocenters. The topological polar surface area (TPSA) is 327 Å². The highest BCUT2D eigenvalue weighted by atomic mass is 16.2. The first-order valence-corrected chi connectivity index (χ1v) is 22.0. The summed E-state index contributed by atoms with van der Waals surface area (Å²) in [6.07, 6.45) is 8.02. The number of primary amides is 1. The van der Waals surface area contributed by atoms with Gasteiger partial charge in [0, 0.05) is 74.2 Å². The van der Waals surface area contributed by atoms with Gasteiger partial charge in [-0.1, -0.05) is 55.0 Å². The highest BCUT2D eigenvalue weighted by Gasteiger charge is 2.33. The number of nitrogens with two attached hydrogens (primary N) is 3. The average Bonchev–Trinajstić information content (AvgIpc) is 3.96. The predicted octanol–water partition coefficient (Wildman–Crippen LogP) is 0.132. The smallest absolute Gasteiger partial charge is 0.243 e. The number of aromatic amines is 2. The van der Waals surface area contributed by atoms with E-state index in [-0.39, 0.29) is 69.8 Å². The lowest BCUT2D eigenvalue weighted by atomic mass is 10.0. The van der Waals surface area contributed by atoms with Crippen molar-refractivity contribution in [1.82, 2.24) is 46.9 Å². The largest absolute Gasteiger partial charge is 0.370 e. The number of fused-ring (bicyclic) bond motifs is 1. The van der Waals surface area contributed by atoms with E-state index in [1.807, 2.05) is 30.3 Å². The maximum absolute atomic E-state index is 14.5. The first-order valence-electron chi connectivity index (χ1n) is 22.0. The molecule has 1 fully saturated rings. The number of hydrogen-bond donors (Lipinski definition) is 11. The van der Waals surface area contributed by atoms with Crippen molar-refractivity contribution < 1.29 is 33.6 Å². The first-order chi connectivity index (χ1) is 31.4. The number of para-hydroxylation sites is 1. The molecule has 4 aromatic rings. The fourth-order valence-corrected chi connectivity index (χ4v) is 7.57. The Bertz CT molecular complexity index is 2240. The number of rotatable bonds is 11. The molecule has 348 valence electrons. The molecule has 3 heterocycles. The van der Waals surface area contributed by atoms with Crippen LogP contribution in [0.4, 0.5) is 0 Å². The van der Waals surface area contributed by atoms with Crippen LogP contribution in [0.1, 0.15) is 81.0 Å². The van der Waals surface area contributed by atoms with E-state index in [9.17, 15) is 33.6 Å². The summed E-state index contributed by atoms with van der Waals surface area (Å²) < 4.78 is 0. The highest BCUT2D eigenvalue weighted by Crippen LogP contribution is 2.20. The Labute approximate surface area is 376 Å². The molecule has 0 aliphatic carbocycles. The van der Waals surface area contributed by atoms with Crippen LogP contribution in [-0.4, -0.2) is 106 Å². The third-order valence-corrected chi connectivity index (χ3v) is 11.1. The van der Waals surface area contributed by atoms with Crippen molar-refractivity contribution in [3.8, 4) is 0 Å². The zero-order chi connectivity index (χ0) is 46.6. The second-order valence-electron chi connectivity index (χ2n) is 16.2. The van der Waals surface area contributed by atoms with Crippen molar-refractivity contribution >= 4 is 58.2 Å². The minimum absolute atomic E-state index is 0.0100. The molecule has 14 N–H and O–H groups in total. The number of aromatic nitrogens is 3. The summed E-state index contributed by atoms with van der Waals surface area (Å²) in [6, 6.07) is 10.4. The number of hydrogen-bond acceptors (Lipinski definition) is 9. The van der Waals surface area contributed by atoms with E-state index in [4.69, 9.17) is 17.2 Å². The van der Waals surface area contributed by atoms with Crippen LogP contribution in [0.3, 0.4) is 0 Å². The summed E-state index contributed by atoms with van der Waals surface area (Å²) in [4.78, 5) is 110. The molecule has 0 unspecified atom stereocenters. The molecule has 7 amide bonds. The Kier molecular flexibility index (Phi) is 18.9. The van der Waals surface area contributed by atoms with Crippen LogP contribution in [0.2, 0.25) is 0 Å². The minimum Gasteiger partial charge on any atom is -0.370 e. The standard InChI is InChI=1S/C45H61N13O7/c46-40(61)33-16-9-10-20-50-38(59)18-5-2-6-19-39(60)54-37(24-30-26-49-27-53-30)44(65)57-35(22-28-12-3-1-4-13-28)42(63)56-34(17-11-21-51-45(47)48)41(62)58-36(43(64)55-33)23-29-25-52-32-15-8-7-14-31(29)32/h1,3-4,7-8,12-15,25-27,33-37,52H,2,5-6,9-11,16-24H2,(H2,46,61)(H,49,53)(H,50,59)(H,54,60)(H,55,64)(H,56,63)(H,57,65)(H,58,62)(H4,47,48,51)/t33-,34-,35+,36-,37-/m0/s1. The maximum Gasteiger partial charge on any atom is 0.243 e. The van der Waals surface area contributed by atoms with Crippen molar-refractivity contribution in [2.24, 2.45) is 22.2 Å². The molecule has 2 aromatic heterocycles. The zero-order valence-electron chi connectivity index (χ0n) is 36.4. The average molecular weight is 896 g/mol. The van der Waals surface area contributed by atoms with Crippen LogP contribution in [0, 0.1) is 0 Å². The number of aliphatic imine (C=N–C) groups is 1. The molecule has 2 aromatic carbocycles. The summed E-state index contributed by atoms with van der Waals surface area (Å²) in [7, 11) is 0. The molecule has 0 radical (unpaired) electrons. The summed E-state index contributed by atoms with van der Waals surface area (Å²) in [5.41, 5.74) is 19.6. The molecule has 1 saturated heterocycles. The number of amides is 7. The van der Waals surface area contributed by atoms with Crippen molar-refractivity contribution in [3.63, 3.8) is 0 Å². The monoisotopic (exact) mass is 895 g/mol. The van der Waals surface area contributed by atoms with E-state index in [0.29, 0.717) is 55.5 Å². The molecule has 65 heavy (non-hydrogen) atoms. The number of H-pyrrole nitrogens is 2. The number of nitrogens with one attached hydrogen (secondary N) is 8. The zero-order valence-corrected chi connectivity index (χ0v) is 36.4. The first kappa shape index (κ1) is 48.8. The normalized spacial score (nSPS) is 21.8. The third kappa shape index (κ3) is 16.1. The SMILES string of the molecule is NC(=O)[C@@H]1CCCCNC(=O)CCCCCC(=O)N[C@@H](Cc2cnc[nH]2)C(=O)N[C@H](Cc2ccccc2)C(=O)N[C@@H](CCCN=C(N)N)C(=O)N[C@@H](Cc2c[nH]c3ccccc23)C(=O)N1. The predicted molar refractivity (Wildman–Crippen MR) is 243 cm³/mol. The molecular weight excluding hydrogens is 835 g/mol. The van der Waals surface area contributed by atoms with Gasteiger partial charge in [-0.3, -0.25) is 38.6 Å². The van der Waals surface area contributed by atoms with Crippen LogP contribution in [0.5, 0.6) is 0 Å². The van der Waals surface area contributed by atoms with Crippen molar-refractivity contribution in [3.05, 3.63) is 90.1 Å². The number of guanidine groups is 1.